The van der Waals surface area contributed by atoms with E-state index in [9.17, 15) is 17.4 Å². The first kappa shape index (κ1) is 16.5. The standard InChI is InChI=1S/C14H15F3N2O2S/c1-10(22(20)9-13-18-7-8-19(13)2)11-3-5-12(6-4-11)21-14(15,16)17/h3-8,10H,9H2,1-2H3/t10-,22-/m0/s1. The minimum atomic E-state index is -4.71. The Labute approximate surface area is 128 Å². The Bertz CT molecular complexity index is 653. The number of aryl methyl sites for hydroxylation is 1. The Morgan fingerprint density at radius 1 is 1.32 bits per heavy atom. The van der Waals surface area contributed by atoms with Crippen LogP contribution >= 0.6 is 0 Å². The molecule has 0 N–H and O–H groups in total. The fraction of sp³-hybridized carbons (Fsp3) is 0.357. The van der Waals surface area contributed by atoms with Crippen LogP contribution in [0.4, 0.5) is 13.2 Å². The number of aromatic nitrogens is 2. The quantitative estimate of drug-likeness (QED) is 0.843. The van der Waals surface area contributed by atoms with Crippen LogP contribution in [0.25, 0.3) is 0 Å². The van der Waals surface area contributed by atoms with Gasteiger partial charge in [-0.1, -0.05) is 12.1 Å². The minimum absolute atomic E-state index is 0.283. The number of ether oxygens (including phenoxy) is 1. The van der Waals surface area contributed by atoms with E-state index in [2.05, 4.69) is 9.72 Å². The third-order valence-corrected chi connectivity index (χ3v) is 4.77. The van der Waals surface area contributed by atoms with Gasteiger partial charge >= 0.3 is 6.36 Å². The highest BCUT2D eigenvalue weighted by Gasteiger charge is 2.31. The zero-order valence-corrected chi connectivity index (χ0v) is 12.8. The molecule has 0 fully saturated rings. The van der Waals surface area contributed by atoms with Crippen molar-refractivity contribution >= 4 is 10.8 Å². The number of halogens is 3. The largest absolute Gasteiger partial charge is 0.573 e. The van der Waals surface area contributed by atoms with Gasteiger partial charge in [-0.05, 0) is 24.6 Å². The molecule has 0 aliphatic carbocycles. The zero-order valence-electron chi connectivity index (χ0n) is 12.0. The summed E-state index contributed by atoms with van der Waals surface area (Å²) in [6, 6.07) is 5.42. The van der Waals surface area contributed by atoms with Gasteiger partial charge in [-0.25, -0.2) is 4.98 Å². The molecule has 1 aromatic carbocycles. The molecule has 120 valence electrons. The molecular formula is C14H15F3N2O2S. The summed E-state index contributed by atoms with van der Waals surface area (Å²) < 4.78 is 54.2. The van der Waals surface area contributed by atoms with E-state index in [0.29, 0.717) is 11.4 Å². The summed E-state index contributed by atoms with van der Waals surface area (Å²) in [6.45, 7) is 1.76. The van der Waals surface area contributed by atoms with Crippen molar-refractivity contribution in [2.24, 2.45) is 7.05 Å². The Morgan fingerprint density at radius 2 is 1.95 bits per heavy atom. The van der Waals surface area contributed by atoms with Gasteiger partial charge in [-0.3, -0.25) is 4.21 Å². The normalized spacial score (nSPS) is 14.6. The number of hydrogen-bond donors (Lipinski definition) is 0. The summed E-state index contributed by atoms with van der Waals surface area (Å²) in [4.78, 5) is 4.11. The van der Waals surface area contributed by atoms with E-state index in [0.717, 1.165) is 0 Å². The monoisotopic (exact) mass is 332 g/mol. The number of benzene rings is 1. The van der Waals surface area contributed by atoms with Gasteiger partial charge in [0, 0.05) is 30.2 Å². The molecule has 0 saturated heterocycles. The zero-order chi connectivity index (χ0) is 16.3. The highest BCUT2D eigenvalue weighted by molar-refractivity contribution is 7.84. The van der Waals surface area contributed by atoms with Gasteiger partial charge in [0.05, 0.1) is 11.0 Å². The van der Waals surface area contributed by atoms with E-state index in [1.165, 1.54) is 24.3 Å². The lowest BCUT2D eigenvalue weighted by Crippen LogP contribution is -2.17. The number of rotatable bonds is 5. The Kier molecular flexibility index (Phi) is 4.90. The molecule has 1 aromatic heterocycles. The van der Waals surface area contributed by atoms with Gasteiger partial charge < -0.3 is 9.30 Å². The van der Waals surface area contributed by atoms with Crippen LogP contribution in [-0.2, 0) is 23.6 Å². The minimum Gasteiger partial charge on any atom is -0.406 e. The van der Waals surface area contributed by atoms with Crippen molar-refractivity contribution in [3.63, 3.8) is 0 Å². The fourth-order valence-electron chi connectivity index (χ4n) is 1.88. The second kappa shape index (κ2) is 6.51. The van der Waals surface area contributed by atoms with Gasteiger partial charge in [0.1, 0.15) is 11.6 Å². The third-order valence-electron chi connectivity index (χ3n) is 3.17. The van der Waals surface area contributed by atoms with Gasteiger partial charge in [0.2, 0.25) is 0 Å². The van der Waals surface area contributed by atoms with Crippen LogP contribution in [0.5, 0.6) is 5.75 Å². The highest BCUT2D eigenvalue weighted by Crippen LogP contribution is 2.27. The van der Waals surface area contributed by atoms with Gasteiger partial charge in [0.15, 0.2) is 0 Å². The number of nitrogens with zero attached hydrogens (tertiary/aromatic N) is 2. The Hall–Kier alpha value is -1.83. The lowest BCUT2D eigenvalue weighted by molar-refractivity contribution is -0.274. The van der Waals surface area contributed by atoms with Gasteiger partial charge in [-0.15, -0.1) is 13.2 Å². The van der Waals surface area contributed by atoms with Crippen molar-refractivity contribution in [3.05, 3.63) is 48.0 Å². The van der Waals surface area contributed by atoms with Crippen LogP contribution in [0.1, 0.15) is 23.6 Å². The molecule has 2 aromatic rings. The molecule has 0 radical (unpaired) electrons. The summed E-state index contributed by atoms with van der Waals surface area (Å²) in [5.74, 6) is 0.686. The molecule has 0 spiro atoms. The molecule has 2 rings (SSSR count). The van der Waals surface area contributed by atoms with Crippen LogP contribution < -0.4 is 4.74 Å². The van der Waals surface area contributed by atoms with Crippen molar-refractivity contribution in [2.75, 3.05) is 0 Å². The molecule has 4 nitrogen and oxygen atoms in total. The van der Waals surface area contributed by atoms with E-state index >= 15 is 0 Å². The molecule has 2 atom stereocenters. The molecule has 22 heavy (non-hydrogen) atoms. The topological polar surface area (TPSA) is 44.1 Å². The van der Waals surface area contributed by atoms with Gasteiger partial charge in [0.25, 0.3) is 0 Å². The summed E-state index contributed by atoms with van der Waals surface area (Å²) in [6.07, 6.45) is -1.32. The predicted molar refractivity (Wildman–Crippen MR) is 76.6 cm³/mol. The van der Waals surface area contributed by atoms with Gasteiger partial charge in [-0.2, -0.15) is 0 Å². The van der Waals surface area contributed by atoms with Crippen molar-refractivity contribution in [1.29, 1.82) is 0 Å². The maximum atomic E-state index is 12.3. The Balaban J connectivity index is 2.04. The van der Waals surface area contributed by atoms with Crippen LogP contribution in [-0.4, -0.2) is 20.1 Å². The predicted octanol–water partition coefficient (Wildman–Crippen LogP) is 3.33. The second-order valence-corrected chi connectivity index (χ2v) is 6.50. The van der Waals surface area contributed by atoms with Crippen molar-refractivity contribution in [2.45, 2.75) is 24.3 Å². The van der Waals surface area contributed by atoms with Crippen molar-refractivity contribution < 1.29 is 22.1 Å². The summed E-state index contributed by atoms with van der Waals surface area (Å²) in [5, 5.41) is -0.323. The second-order valence-electron chi connectivity index (χ2n) is 4.74. The first-order valence-electron chi connectivity index (χ1n) is 6.45. The first-order valence-corrected chi connectivity index (χ1v) is 7.83. The number of alkyl halides is 3. The van der Waals surface area contributed by atoms with E-state index in [-0.39, 0.29) is 16.8 Å². The van der Waals surface area contributed by atoms with Crippen LogP contribution in [0.15, 0.2) is 36.7 Å². The Morgan fingerprint density at radius 3 is 2.45 bits per heavy atom. The fourth-order valence-corrected chi connectivity index (χ4v) is 3.12. The average Bonchev–Trinajstić information content (AvgIpc) is 2.82. The lowest BCUT2D eigenvalue weighted by atomic mass is 10.2. The van der Waals surface area contributed by atoms with E-state index in [4.69, 9.17) is 0 Å². The highest BCUT2D eigenvalue weighted by atomic mass is 32.2. The molecule has 8 heteroatoms. The maximum absolute atomic E-state index is 12.3. The van der Waals surface area contributed by atoms with Crippen molar-refractivity contribution in [3.8, 4) is 5.75 Å². The molecule has 0 saturated carbocycles. The average molecular weight is 332 g/mol. The third kappa shape index (κ3) is 4.33. The molecule has 0 aliphatic heterocycles. The molecule has 0 aliphatic rings. The number of hydrogen-bond acceptors (Lipinski definition) is 3. The first-order chi connectivity index (χ1) is 10.3. The summed E-state index contributed by atoms with van der Waals surface area (Å²) >= 11 is 0. The number of imidazole rings is 1. The van der Waals surface area contributed by atoms with Crippen LogP contribution in [0.2, 0.25) is 0 Å². The molecular weight excluding hydrogens is 317 g/mol. The molecule has 1 heterocycles. The van der Waals surface area contributed by atoms with E-state index in [1.54, 1.807) is 23.9 Å². The lowest BCUT2D eigenvalue weighted by Gasteiger charge is -2.13. The van der Waals surface area contributed by atoms with Crippen LogP contribution in [0.3, 0.4) is 0 Å². The smallest absolute Gasteiger partial charge is 0.406 e. The molecule has 0 unspecified atom stereocenters. The maximum Gasteiger partial charge on any atom is 0.573 e. The van der Waals surface area contributed by atoms with Crippen molar-refractivity contribution in [1.82, 2.24) is 9.55 Å². The summed E-state index contributed by atoms with van der Waals surface area (Å²) in [7, 11) is 0.586. The van der Waals surface area contributed by atoms with E-state index in [1.807, 2.05) is 7.05 Å². The molecule has 0 amide bonds. The molecule has 0 bridgehead atoms. The summed E-state index contributed by atoms with van der Waals surface area (Å²) in [5.41, 5.74) is 0.682. The van der Waals surface area contributed by atoms with E-state index < -0.39 is 17.2 Å². The SMILES string of the molecule is C[C@@H](c1ccc(OC(F)(F)F)cc1)[S@@](=O)Cc1nccn1C. The van der Waals surface area contributed by atoms with Crippen LogP contribution in [0, 0.1) is 0 Å².